The average molecular weight is 117 g/mol. The molecule has 1 nitrogen and oxygen atoms in total. The zero-order valence-corrected chi connectivity index (χ0v) is 5.20. The van der Waals surface area contributed by atoms with E-state index in [1.807, 2.05) is 6.42 Å². The summed E-state index contributed by atoms with van der Waals surface area (Å²) in [5, 5.41) is 1.57. The van der Waals surface area contributed by atoms with Crippen molar-refractivity contribution in [3.63, 3.8) is 0 Å². The molecule has 0 heterocycles. The third-order valence-corrected chi connectivity index (χ3v) is 0.911. The lowest BCUT2D eigenvalue weighted by atomic mass is 10.3. The molecule has 0 aromatic rings. The Balaban J connectivity index is 2.83. The van der Waals surface area contributed by atoms with E-state index in [9.17, 15) is 4.21 Å². The maximum atomic E-state index is 9.63. The third kappa shape index (κ3) is 5.89. The number of unbranched alkanes of at least 4 members (excludes halogenated alkanes) is 2. The van der Waals surface area contributed by atoms with Crippen LogP contribution in [-0.4, -0.2) is 9.58 Å². The van der Waals surface area contributed by atoms with Gasteiger partial charge in [0.05, 0.1) is 11.3 Å². The lowest BCUT2D eigenvalue weighted by Gasteiger charge is -1.80. The first kappa shape index (κ1) is 6.89. The summed E-state index contributed by atoms with van der Waals surface area (Å²) in [5.74, 6) is 0. The van der Waals surface area contributed by atoms with Crippen molar-refractivity contribution in [2.24, 2.45) is 0 Å². The Morgan fingerprint density at radius 2 is 2.43 bits per heavy atom. The Bertz CT molecular complexity index is 74.1. The van der Waals surface area contributed by atoms with Crippen LogP contribution in [0.25, 0.3) is 0 Å². The first-order valence-corrected chi connectivity index (χ1v) is 3.16. The second kappa shape index (κ2) is 5.89. The maximum absolute atomic E-state index is 9.63. The minimum Gasteiger partial charge on any atom is -0.213 e. The summed E-state index contributed by atoms with van der Waals surface area (Å²) in [6.45, 7) is 2.08. The van der Waals surface area contributed by atoms with Gasteiger partial charge in [-0.15, -0.1) is 0 Å². The van der Waals surface area contributed by atoms with E-state index < -0.39 is 0 Å². The monoisotopic (exact) mass is 117 g/mol. The van der Waals surface area contributed by atoms with Gasteiger partial charge in [-0.2, -0.15) is 0 Å². The van der Waals surface area contributed by atoms with Crippen LogP contribution in [0, 0.1) is 6.42 Å². The van der Waals surface area contributed by atoms with Gasteiger partial charge in [0.1, 0.15) is 0 Å². The summed E-state index contributed by atoms with van der Waals surface area (Å²) in [5.41, 5.74) is 0. The quantitative estimate of drug-likeness (QED) is 0.398. The summed E-state index contributed by atoms with van der Waals surface area (Å²) in [7, 11) is 0. The molecule has 0 aliphatic carbocycles. The molecule has 0 saturated carbocycles. The SMILES string of the molecule is CCC[CH]C=S=O. The van der Waals surface area contributed by atoms with Gasteiger partial charge in [0.2, 0.25) is 0 Å². The van der Waals surface area contributed by atoms with Crippen LogP contribution in [0.4, 0.5) is 0 Å². The maximum Gasteiger partial charge on any atom is 0.0844 e. The van der Waals surface area contributed by atoms with E-state index in [0.717, 1.165) is 12.8 Å². The van der Waals surface area contributed by atoms with Gasteiger partial charge < -0.3 is 0 Å². The number of rotatable bonds is 3. The Kier molecular flexibility index (Phi) is 5.80. The molecule has 0 aromatic carbocycles. The van der Waals surface area contributed by atoms with Crippen molar-refractivity contribution in [2.45, 2.75) is 19.8 Å². The van der Waals surface area contributed by atoms with Crippen molar-refractivity contribution >= 4 is 16.6 Å². The summed E-state index contributed by atoms with van der Waals surface area (Å²) in [4.78, 5) is 0. The van der Waals surface area contributed by atoms with Crippen molar-refractivity contribution < 1.29 is 4.21 Å². The lowest BCUT2D eigenvalue weighted by molar-refractivity contribution is 0.701. The first-order valence-electron chi connectivity index (χ1n) is 2.35. The van der Waals surface area contributed by atoms with Crippen molar-refractivity contribution in [1.82, 2.24) is 0 Å². The Morgan fingerprint density at radius 1 is 1.71 bits per heavy atom. The van der Waals surface area contributed by atoms with Crippen LogP contribution in [-0.2, 0) is 11.3 Å². The molecular formula is C5H9OS. The zero-order valence-electron chi connectivity index (χ0n) is 4.39. The summed E-state index contributed by atoms with van der Waals surface area (Å²) in [6.07, 6.45) is 4.03. The van der Waals surface area contributed by atoms with Crippen molar-refractivity contribution in [3.8, 4) is 0 Å². The third-order valence-electron chi connectivity index (χ3n) is 0.607. The summed E-state index contributed by atoms with van der Waals surface area (Å²) < 4.78 is 9.63. The predicted octanol–water partition coefficient (Wildman–Crippen LogP) is 1.01. The van der Waals surface area contributed by atoms with Crippen LogP contribution in [0.1, 0.15) is 19.8 Å². The highest BCUT2D eigenvalue weighted by Crippen LogP contribution is 1.85. The first-order chi connectivity index (χ1) is 3.41. The Morgan fingerprint density at radius 3 is 2.86 bits per heavy atom. The molecule has 0 aliphatic rings. The molecule has 0 amide bonds. The fourth-order valence-corrected chi connectivity index (χ4v) is 0.489. The molecule has 0 atom stereocenters. The predicted molar refractivity (Wildman–Crippen MR) is 33.4 cm³/mol. The lowest BCUT2D eigenvalue weighted by Crippen LogP contribution is -1.73. The molecule has 0 spiro atoms. The molecule has 0 aliphatic heterocycles. The molecule has 0 fully saturated rings. The van der Waals surface area contributed by atoms with Gasteiger partial charge in [-0.25, -0.2) is 4.21 Å². The summed E-state index contributed by atoms with van der Waals surface area (Å²) >= 11 is 0.511. The van der Waals surface area contributed by atoms with Crippen molar-refractivity contribution in [1.29, 1.82) is 0 Å². The van der Waals surface area contributed by atoms with E-state index in [0.29, 0.717) is 11.3 Å². The molecule has 0 saturated heterocycles. The topological polar surface area (TPSA) is 17.1 Å². The smallest absolute Gasteiger partial charge is 0.0844 e. The number of hydrogen-bond donors (Lipinski definition) is 0. The van der Waals surface area contributed by atoms with E-state index in [1.165, 1.54) is 0 Å². The highest BCUT2D eigenvalue weighted by molar-refractivity contribution is 7.65. The normalized spacial score (nSPS) is 8.14. The summed E-state index contributed by atoms with van der Waals surface area (Å²) in [6, 6.07) is 0. The van der Waals surface area contributed by atoms with E-state index in [2.05, 4.69) is 6.92 Å². The molecule has 1 radical (unpaired) electrons. The number of hydrogen-bond acceptors (Lipinski definition) is 1. The van der Waals surface area contributed by atoms with Gasteiger partial charge in [0.15, 0.2) is 0 Å². The fourth-order valence-electron chi connectivity index (χ4n) is 0.274. The highest BCUT2D eigenvalue weighted by atomic mass is 32.1. The minimum atomic E-state index is 0.511. The highest BCUT2D eigenvalue weighted by Gasteiger charge is 1.74. The van der Waals surface area contributed by atoms with E-state index in [-0.39, 0.29) is 0 Å². The van der Waals surface area contributed by atoms with Crippen molar-refractivity contribution in [2.75, 3.05) is 0 Å². The zero-order chi connectivity index (χ0) is 5.54. The molecule has 41 valence electrons. The van der Waals surface area contributed by atoms with Crippen LogP contribution in [0.5, 0.6) is 0 Å². The molecular weight excluding hydrogens is 108 g/mol. The molecule has 0 aromatic heterocycles. The Hall–Kier alpha value is -0.110. The van der Waals surface area contributed by atoms with E-state index >= 15 is 0 Å². The largest absolute Gasteiger partial charge is 0.213 e. The fraction of sp³-hybridized carbons (Fsp3) is 0.600. The van der Waals surface area contributed by atoms with Gasteiger partial charge in [-0.1, -0.05) is 13.3 Å². The van der Waals surface area contributed by atoms with Gasteiger partial charge in [-0.3, -0.25) is 0 Å². The molecule has 0 unspecified atom stereocenters. The second-order valence-corrected chi connectivity index (χ2v) is 1.72. The molecule has 0 rings (SSSR count). The standard InChI is InChI=1S/C5H9OS/c1-2-3-4-5-7-6/h4-5H,2-3H2,1H3. The van der Waals surface area contributed by atoms with Crippen LogP contribution in [0.2, 0.25) is 0 Å². The molecule has 2 heteroatoms. The van der Waals surface area contributed by atoms with Gasteiger partial charge in [-0.05, 0) is 12.8 Å². The van der Waals surface area contributed by atoms with E-state index in [4.69, 9.17) is 0 Å². The van der Waals surface area contributed by atoms with E-state index in [1.54, 1.807) is 5.37 Å². The molecule has 0 bridgehead atoms. The van der Waals surface area contributed by atoms with Crippen LogP contribution < -0.4 is 0 Å². The second-order valence-electron chi connectivity index (χ2n) is 1.26. The minimum absolute atomic E-state index is 0.511. The Labute approximate surface area is 47.8 Å². The van der Waals surface area contributed by atoms with Crippen LogP contribution in [0.3, 0.4) is 0 Å². The van der Waals surface area contributed by atoms with Gasteiger partial charge in [0, 0.05) is 5.37 Å². The molecule has 0 N–H and O–H groups in total. The average Bonchev–Trinajstić information content (AvgIpc) is 1.69. The van der Waals surface area contributed by atoms with Gasteiger partial charge in [0.25, 0.3) is 0 Å². The van der Waals surface area contributed by atoms with Crippen molar-refractivity contribution in [3.05, 3.63) is 6.42 Å². The molecule has 7 heavy (non-hydrogen) atoms. The van der Waals surface area contributed by atoms with Crippen LogP contribution in [0.15, 0.2) is 0 Å². The van der Waals surface area contributed by atoms with Gasteiger partial charge >= 0.3 is 0 Å². The van der Waals surface area contributed by atoms with Crippen LogP contribution >= 0.6 is 0 Å².